The van der Waals surface area contributed by atoms with Crippen LogP contribution in [0.15, 0.2) is 0 Å². The molecule has 1 heterocycles. The first kappa shape index (κ1) is 9.24. The monoisotopic (exact) mass is 289 g/mol. The molecular formula is C5H8INO3S. The molecule has 0 aromatic carbocycles. The zero-order valence-electron chi connectivity index (χ0n) is 5.71. The maximum absolute atomic E-state index is 10.9. The molecule has 1 aliphatic heterocycles. The summed E-state index contributed by atoms with van der Waals surface area (Å²) in [5, 5.41) is 0. The van der Waals surface area contributed by atoms with Gasteiger partial charge in [-0.1, -0.05) is 0 Å². The van der Waals surface area contributed by atoms with Crippen LogP contribution in [0.5, 0.6) is 0 Å². The molecule has 0 bridgehead atoms. The topological polar surface area (TPSA) is 63.2 Å². The minimum Gasteiger partial charge on any atom is -0.299 e. The second-order valence-corrected chi connectivity index (χ2v) is 5.33. The van der Waals surface area contributed by atoms with Crippen LogP contribution in [0, 0.1) is 5.92 Å². The predicted octanol–water partition coefficient (Wildman–Crippen LogP) is -0.113. The molecule has 1 fully saturated rings. The Bertz CT molecular complexity index is 261. The number of rotatable bonds is 1. The number of nitrogens with one attached hydrogen (secondary N) is 1. The molecule has 1 aliphatic rings. The first-order valence-electron chi connectivity index (χ1n) is 3.16. The Hall–Kier alpha value is 0.150. The van der Waals surface area contributed by atoms with E-state index in [9.17, 15) is 13.2 Å². The van der Waals surface area contributed by atoms with Crippen molar-refractivity contribution in [2.24, 2.45) is 5.92 Å². The van der Waals surface area contributed by atoms with Crippen LogP contribution in [0.3, 0.4) is 0 Å². The fourth-order valence-corrected chi connectivity index (χ4v) is 3.26. The van der Waals surface area contributed by atoms with Crippen molar-refractivity contribution in [3.05, 3.63) is 0 Å². The van der Waals surface area contributed by atoms with Crippen molar-refractivity contribution < 1.29 is 13.2 Å². The van der Waals surface area contributed by atoms with Gasteiger partial charge in [-0.25, -0.2) is 8.42 Å². The third-order valence-corrected chi connectivity index (χ3v) is 4.00. The molecule has 0 aromatic rings. The van der Waals surface area contributed by atoms with Gasteiger partial charge in [0, 0.05) is 0 Å². The van der Waals surface area contributed by atoms with Crippen molar-refractivity contribution in [3.8, 4) is 0 Å². The number of halogens is 1. The number of hydrogen-bond acceptors (Lipinski definition) is 3. The quantitative estimate of drug-likeness (QED) is 0.541. The van der Waals surface area contributed by atoms with Gasteiger partial charge in [0.1, 0.15) is 0 Å². The summed E-state index contributed by atoms with van der Waals surface area (Å²) in [6.45, 7) is 0. The van der Waals surface area contributed by atoms with Gasteiger partial charge in [0.05, 0.1) is 40.3 Å². The summed E-state index contributed by atoms with van der Waals surface area (Å²) >= 11 is 1.72. The summed E-state index contributed by atoms with van der Waals surface area (Å²) in [6.07, 6.45) is 0.469. The fourth-order valence-electron chi connectivity index (χ4n) is 1.08. The lowest BCUT2D eigenvalue weighted by Crippen LogP contribution is -2.24. The lowest BCUT2D eigenvalue weighted by Gasteiger charge is -2.01. The summed E-state index contributed by atoms with van der Waals surface area (Å²) in [7, 11) is -2.91. The van der Waals surface area contributed by atoms with Crippen LogP contribution in [-0.4, -0.2) is 25.8 Å². The van der Waals surface area contributed by atoms with Gasteiger partial charge in [0.25, 0.3) is 0 Å². The highest BCUT2D eigenvalue weighted by molar-refractivity contribution is 14.1. The van der Waals surface area contributed by atoms with Gasteiger partial charge in [-0.3, -0.25) is 8.32 Å². The number of sulfone groups is 1. The van der Waals surface area contributed by atoms with Gasteiger partial charge in [-0.2, -0.15) is 0 Å². The van der Waals surface area contributed by atoms with Crippen molar-refractivity contribution in [1.29, 1.82) is 0 Å². The molecule has 0 aliphatic carbocycles. The summed E-state index contributed by atoms with van der Waals surface area (Å²) in [4.78, 5) is 10.9. The van der Waals surface area contributed by atoms with Crippen molar-refractivity contribution in [3.63, 3.8) is 0 Å². The van der Waals surface area contributed by atoms with Crippen LogP contribution in [0.1, 0.15) is 6.42 Å². The number of hydrogen-bond donors (Lipinski definition) is 1. The largest absolute Gasteiger partial charge is 0.299 e. The Morgan fingerprint density at radius 3 is 2.55 bits per heavy atom. The summed E-state index contributed by atoms with van der Waals surface area (Å²) in [6, 6.07) is 0. The third-order valence-electron chi connectivity index (χ3n) is 1.70. The Morgan fingerprint density at radius 1 is 1.55 bits per heavy atom. The molecule has 6 heteroatoms. The van der Waals surface area contributed by atoms with E-state index in [2.05, 4.69) is 3.53 Å². The molecule has 1 rings (SSSR count). The van der Waals surface area contributed by atoms with Crippen molar-refractivity contribution >= 4 is 38.6 Å². The first-order valence-corrected chi connectivity index (χ1v) is 6.06. The molecule has 1 N–H and O–H groups in total. The smallest absolute Gasteiger partial charge is 0.232 e. The van der Waals surface area contributed by atoms with E-state index in [1.165, 1.54) is 0 Å². The Balaban J connectivity index is 2.62. The van der Waals surface area contributed by atoms with Gasteiger partial charge in [0.2, 0.25) is 5.91 Å². The van der Waals surface area contributed by atoms with E-state index in [1.807, 2.05) is 0 Å². The average molecular weight is 289 g/mol. The van der Waals surface area contributed by atoms with Crippen molar-refractivity contribution in [1.82, 2.24) is 3.53 Å². The second kappa shape index (κ2) is 3.26. The summed E-state index contributed by atoms with van der Waals surface area (Å²) in [5.41, 5.74) is 0. The van der Waals surface area contributed by atoms with Gasteiger partial charge >= 0.3 is 0 Å². The second-order valence-electron chi connectivity index (χ2n) is 2.56. The molecule has 4 nitrogen and oxygen atoms in total. The van der Waals surface area contributed by atoms with E-state index in [-0.39, 0.29) is 23.3 Å². The summed E-state index contributed by atoms with van der Waals surface area (Å²) < 4.78 is 24.2. The maximum Gasteiger partial charge on any atom is 0.232 e. The minimum absolute atomic E-state index is 0.0157. The van der Waals surface area contributed by atoms with E-state index in [0.29, 0.717) is 6.42 Å². The van der Waals surface area contributed by atoms with Crippen LogP contribution in [0.4, 0.5) is 0 Å². The minimum atomic E-state index is -2.91. The molecule has 0 radical (unpaired) electrons. The molecule has 1 atom stereocenters. The van der Waals surface area contributed by atoms with E-state index >= 15 is 0 Å². The molecule has 0 saturated carbocycles. The van der Waals surface area contributed by atoms with Crippen LogP contribution in [0.25, 0.3) is 0 Å². The standard InChI is InChI=1S/C5H8INO3S/c6-7-5(8)4-1-2-11(9,10)3-4/h4H,1-3H2,(H,7,8). The molecular weight excluding hydrogens is 281 g/mol. The number of amides is 1. The van der Waals surface area contributed by atoms with Gasteiger partial charge in [-0.05, 0) is 6.42 Å². The highest BCUT2D eigenvalue weighted by atomic mass is 127. The van der Waals surface area contributed by atoms with Crippen LogP contribution in [-0.2, 0) is 14.6 Å². The van der Waals surface area contributed by atoms with Gasteiger partial charge in [-0.15, -0.1) is 0 Å². The molecule has 64 valence electrons. The fraction of sp³-hybridized carbons (Fsp3) is 0.800. The normalized spacial score (nSPS) is 28.3. The lowest BCUT2D eigenvalue weighted by atomic mass is 10.1. The maximum atomic E-state index is 10.9. The summed E-state index contributed by atoms with van der Waals surface area (Å²) in [5.74, 6) is -0.326. The van der Waals surface area contributed by atoms with E-state index < -0.39 is 9.84 Å². The Labute approximate surface area is 79.1 Å². The van der Waals surface area contributed by atoms with E-state index in [0.717, 1.165) is 0 Å². The van der Waals surface area contributed by atoms with Crippen LogP contribution < -0.4 is 3.53 Å². The molecule has 1 amide bonds. The van der Waals surface area contributed by atoms with Crippen LogP contribution in [0.2, 0.25) is 0 Å². The first-order chi connectivity index (χ1) is 5.05. The number of carbonyl (C=O) groups is 1. The zero-order chi connectivity index (χ0) is 8.48. The highest BCUT2D eigenvalue weighted by Gasteiger charge is 2.32. The molecule has 1 unspecified atom stereocenters. The SMILES string of the molecule is O=C(NI)C1CCS(=O)(=O)C1. The molecule has 0 spiro atoms. The predicted molar refractivity (Wildman–Crippen MR) is 48.9 cm³/mol. The zero-order valence-corrected chi connectivity index (χ0v) is 8.68. The van der Waals surface area contributed by atoms with Gasteiger partial charge < -0.3 is 0 Å². The number of carbonyl (C=O) groups excluding carboxylic acids is 1. The van der Waals surface area contributed by atoms with E-state index in [4.69, 9.17) is 0 Å². The highest BCUT2D eigenvalue weighted by Crippen LogP contribution is 2.18. The Kier molecular flexibility index (Phi) is 2.74. The van der Waals surface area contributed by atoms with Crippen LogP contribution >= 0.6 is 22.9 Å². The van der Waals surface area contributed by atoms with E-state index in [1.54, 1.807) is 22.9 Å². The van der Waals surface area contributed by atoms with Crippen molar-refractivity contribution in [2.45, 2.75) is 6.42 Å². The molecule has 1 saturated heterocycles. The Morgan fingerprint density at radius 2 is 2.18 bits per heavy atom. The molecule has 0 aromatic heterocycles. The van der Waals surface area contributed by atoms with Gasteiger partial charge in [0.15, 0.2) is 9.84 Å². The van der Waals surface area contributed by atoms with Crippen molar-refractivity contribution in [2.75, 3.05) is 11.5 Å². The average Bonchev–Trinajstić information content (AvgIpc) is 2.29. The molecule has 11 heavy (non-hydrogen) atoms. The lowest BCUT2D eigenvalue weighted by molar-refractivity contribution is -0.121. The third kappa shape index (κ3) is 2.29.